The molecule has 0 fully saturated rings. The predicted octanol–water partition coefficient (Wildman–Crippen LogP) is 2.79. The Morgan fingerprint density at radius 3 is 2.58 bits per heavy atom. The lowest BCUT2D eigenvalue weighted by Crippen LogP contribution is -2.08. The number of halogens is 2. The normalized spacial score (nSPS) is 10.3. The van der Waals surface area contributed by atoms with Crippen molar-refractivity contribution in [3.63, 3.8) is 0 Å². The maximum Gasteiger partial charge on any atom is 0.198 e. The molecule has 98 valence electrons. The van der Waals surface area contributed by atoms with E-state index in [1.54, 1.807) is 0 Å². The Labute approximate surface area is 108 Å². The smallest absolute Gasteiger partial charge is 0.198 e. The average molecular weight is 263 g/mol. The van der Waals surface area contributed by atoms with Gasteiger partial charge in [-0.1, -0.05) is 6.07 Å². The van der Waals surface area contributed by atoms with E-state index >= 15 is 0 Å². The summed E-state index contributed by atoms with van der Waals surface area (Å²) in [5.74, 6) is -2.14. The standard InChI is InChI=1S/C14H11F2NO2/c1-19-12-4-2-3-9(13(12)16)14(18)10-7-8(15)5-6-11(10)17/h2-7H,17H2,1H3. The molecular weight excluding hydrogens is 252 g/mol. The van der Waals surface area contributed by atoms with Crippen molar-refractivity contribution in [1.29, 1.82) is 0 Å². The van der Waals surface area contributed by atoms with E-state index in [9.17, 15) is 13.6 Å². The lowest BCUT2D eigenvalue weighted by molar-refractivity contribution is 0.103. The van der Waals surface area contributed by atoms with Gasteiger partial charge in [0.1, 0.15) is 5.82 Å². The van der Waals surface area contributed by atoms with E-state index in [0.29, 0.717) is 0 Å². The minimum Gasteiger partial charge on any atom is -0.494 e. The summed E-state index contributed by atoms with van der Waals surface area (Å²) >= 11 is 0. The van der Waals surface area contributed by atoms with E-state index in [1.807, 2.05) is 0 Å². The highest BCUT2D eigenvalue weighted by atomic mass is 19.1. The van der Waals surface area contributed by atoms with Gasteiger partial charge in [-0.25, -0.2) is 8.78 Å². The first-order valence-electron chi connectivity index (χ1n) is 5.47. The number of hydrogen-bond acceptors (Lipinski definition) is 3. The first-order chi connectivity index (χ1) is 9.04. The second-order valence-corrected chi connectivity index (χ2v) is 3.88. The van der Waals surface area contributed by atoms with Gasteiger partial charge in [0, 0.05) is 11.3 Å². The minimum atomic E-state index is -0.793. The molecule has 2 aromatic carbocycles. The van der Waals surface area contributed by atoms with Crippen molar-refractivity contribution in [2.75, 3.05) is 12.8 Å². The number of carbonyl (C=O) groups is 1. The summed E-state index contributed by atoms with van der Waals surface area (Å²) in [4.78, 5) is 12.2. The number of nitrogen functional groups attached to an aromatic ring is 1. The lowest BCUT2D eigenvalue weighted by Gasteiger charge is -2.08. The van der Waals surface area contributed by atoms with Crippen LogP contribution in [0.25, 0.3) is 0 Å². The van der Waals surface area contributed by atoms with Gasteiger partial charge >= 0.3 is 0 Å². The third-order valence-corrected chi connectivity index (χ3v) is 2.69. The summed E-state index contributed by atoms with van der Waals surface area (Å²) in [6.07, 6.45) is 0. The highest BCUT2D eigenvalue weighted by molar-refractivity contribution is 6.12. The SMILES string of the molecule is COc1cccc(C(=O)c2cc(F)ccc2N)c1F. The molecule has 5 heteroatoms. The van der Waals surface area contributed by atoms with Crippen molar-refractivity contribution in [1.82, 2.24) is 0 Å². The van der Waals surface area contributed by atoms with Crippen molar-refractivity contribution < 1.29 is 18.3 Å². The molecule has 0 atom stereocenters. The summed E-state index contributed by atoms with van der Waals surface area (Å²) in [6.45, 7) is 0. The van der Waals surface area contributed by atoms with E-state index < -0.39 is 17.4 Å². The van der Waals surface area contributed by atoms with Gasteiger partial charge in [0.2, 0.25) is 0 Å². The quantitative estimate of drug-likeness (QED) is 0.684. The van der Waals surface area contributed by atoms with Crippen molar-refractivity contribution in [3.8, 4) is 5.75 Å². The molecule has 0 heterocycles. The maximum atomic E-state index is 14.0. The molecule has 3 nitrogen and oxygen atoms in total. The number of ether oxygens (including phenoxy) is 1. The van der Waals surface area contributed by atoms with Crippen LogP contribution in [0.5, 0.6) is 5.75 Å². The fourth-order valence-electron chi connectivity index (χ4n) is 1.71. The molecule has 0 radical (unpaired) electrons. The molecule has 0 saturated carbocycles. The highest BCUT2D eigenvalue weighted by Gasteiger charge is 2.19. The monoisotopic (exact) mass is 263 g/mol. The molecule has 2 aromatic rings. The van der Waals surface area contributed by atoms with Crippen LogP contribution in [-0.4, -0.2) is 12.9 Å². The van der Waals surface area contributed by atoms with Crippen LogP contribution in [0.1, 0.15) is 15.9 Å². The van der Waals surface area contributed by atoms with Crippen LogP contribution in [0.4, 0.5) is 14.5 Å². The predicted molar refractivity (Wildman–Crippen MR) is 67.2 cm³/mol. The Balaban J connectivity index is 2.53. The Bertz CT molecular complexity index is 641. The highest BCUT2D eigenvalue weighted by Crippen LogP contribution is 2.24. The van der Waals surface area contributed by atoms with E-state index in [1.165, 1.54) is 31.4 Å². The van der Waals surface area contributed by atoms with E-state index in [4.69, 9.17) is 10.5 Å². The number of carbonyl (C=O) groups excluding carboxylic acids is 1. The van der Waals surface area contributed by atoms with E-state index in [0.717, 1.165) is 12.1 Å². The lowest BCUT2D eigenvalue weighted by atomic mass is 10.0. The Hall–Kier alpha value is -2.43. The Morgan fingerprint density at radius 2 is 1.89 bits per heavy atom. The summed E-state index contributed by atoms with van der Waals surface area (Å²) in [6, 6.07) is 7.54. The number of anilines is 1. The van der Waals surface area contributed by atoms with Crippen molar-refractivity contribution in [2.24, 2.45) is 0 Å². The van der Waals surface area contributed by atoms with Gasteiger partial charge < -0.3 is 10.5 Å². The number of ketones is 1. The molecule has 0 aliphatic rings. The number of methoxy groups -OCH3 is 1. The van der Waals surface area contributed by atoms with Gasteiger partial charge in [0.25, 0.3) is 0 Å². The van der Waals surface area contributed by atoms with Gasteiger partial charge in [0.05, 0.1) is 12.7 Å². The molecule has 0 aliphatic carbocycles. The molecular formula is C14H11F2NO2. The van der Waals surface area contributed by atoms with E-state index in [2.05, 4.69) is 0 Å². The van der Waals surface area contributed by atoms with Crippen LogP contribution in [0.15, 0.2) is 36.4 Å². The molecule has 2 N–H and O–H groups in total. The zero-order valence-corrected chi connectivity index (χ0v) is 10.1. The zero-order chi connectivity index (χ0) is 14.0. The molecule has 0 bridgehead atoms. The first kappa shape index (κ1) is 13.0. The Kier molecular flexibility index (Phi) is 3.46. The molecule has 0 aliphatic heterocycles. The molecule has 19 heavy (non-hydrogen) atoms. The number of nitrogens with two attached hydrogens (primary N) is 1. The molecule has 0 saturated heterocycles. The molecule has 0 aromatic heterocycles. The topological polar surface area (TPSA) is 52.3 Å². The fraction of sp³-hybridized carbons (Fsp3) is 0.0714. The molecule has 2 rings (SSSR count). The van der Waals surface area contributed by atoms with Crippen LogP contribution in [0.2, 0.25) is 0 Å². The van der Waals surface area contributed by atoms with Gasteiger partial charge in [-0.3, -0.25) is 4.79 Å². The van der Waals surface area contributed by atoms with Crippen molar-refractivity contribution in [2.45, 2.75) is 0 Å². The maximum absolute atomic E-state index is 14.0. The Morgan fingerprint density at radius 1 is 1.16 bits per heavy atom. The number of rotatable bonds is 3. The van der Waals surface area contributed by atoms with Crippen LogP contribution >= 0.6 is 0 Å². The third kappa shape index (κ3) is 2.40. The van der Waals surface area contributed by atoms with Crippen LogP contribution in [0.3, 0.4) is 0 Å². The largest absolute Gasteiger partial charge is 0.494 e. The summed E-state index contributed by atoms with van der Waals surface area (Å²) in [5.41, 5.74) is 5.41. The van der Waals surface area contributed by atoms with Gasteiger partial charge in [-0.05, 0) is 30.3 Å². The van der Waals surface area contributed by atoms with Gasteiger partial charge in [-0.2, -0.15) is 0 Å². The average Bonchev–Trinajstić information content (AvgIpc) is 2.41. The summed E-state index contributed by atoms with van der Waals surface area (Å²) < 4.78 is 31.9. The molecule has 0 amide bonds. The zero-order valence-electron chi connectivity index (χ0n) is 10.1. The fourth-order valence-corrected chi connectivity index (χ4v) is 1.71. The second kappa shape index (κ2) is 5.06. The second-order valence-electron chi connectivity index (χ2n) is 3.88. The third-order valence-electron chi connectivity index (χ3n) is 2.69. The van der Waals surface area contributed by atoms with Crippen LogP contribution < -0.4 is 10.5 Å². The first-order valence-corrected chi connectivity index (χ1v) is 5.47. The molecule has 0 spiro atoms. The molecule has 0 unspecified atom stereocenters. The van der Waals surface area contributed by atoms with Crippen molar-refractivity contribution >= 4 is 11.5 Å². The van der Waals surface area contributed by atoms with Crippen LogP contribution in [-0.2, 0) is 0 Å². The van der Waals surface area contributed by atoms with Crippen molar-refractivity contribution in [3.05, 3.63) is 59.2 Å². The minimum absolute atomic E-state index is 0.0548. The van der Waals surface area contributed by atoms with Gasteiger partial charge in [-0.15, -0.1) is 0 Å². The van der Waals surface area contributed by atoms with Gasteiger partial charge in [0.15, 0.2) is 17.3 Å². The van der Waals surface area contributed by atoms with Crippen LogP contribution in [0, 0.1) is 11.6 Å². The summed E-state index contributed by atoms with van der Waals surface area (Å²) in [7, 11) is 1.29. The van der Waals surface area contributed by atoms with E-state index in [-0.39, 0.29) is 22.6 Å². The summed E-state index contributed by atoms with van der Waals surface area (Å²) in [5, 5.41) is 0. The number of hydrogen-bond donors (Lipinski definition) is 1. The number of benzene rings is 2.